The third-order valence-electron chi connectivity index (χ3n) is 9.08. The summed E-state index contributed by atoms with van der Waals surface area (Å²) in [5, 5.41) is 7.75. The van der Waals surface area contributed by atoms with Crippen molar-refractivity contribution in [2.45, 2.75) is 75.3 Å². The fourth-order valence-corrected chi connectivity index (χ4v) is 7.75. The first-order valence-corrected chi connectivity index (χ1v) is 29.9. The third-order valence-corrected chi connectivity index (χ3v) is 11.9. The monoisotopic (exact) mass is 1350 g/mol. The fraction of sp³-hybridized carbons (Fsp3) is 0.407. The third kappa shape index (κ3) is 41.5. The van der Waals surface area contributed by atoms with E-state index in [1.807, 2.05) is 148 Å². The number of nitrogens with one attached hydrogen (secondary N) is 1. The van der Waals surface area contributed by atoms with E-state index in [4.69, 9.17) is 41.4 Å². The van der Waals surface area contributed by atoms with Gasteiger partial charge in [0.15, 0.2) is 9.84 Å². The number of halogens is 3. The zero-order valence-corrected chi connectivity index (χ0v) is 58.3. The van der Waals surface area contributed by atoms with Gasteiger partial charge in [-0.25, -0.2) is 31.8 Å². The Balaban J connectivity index is -0.000000108. The molecule has 0 saturated carbocycles. The van der Waals surface area contributed by atoms with Gasteiger partial charge < -0.3 is 71.6 Å². The van der Waals surface area contributed by atoms with Crippen molar-refractivity contribution in [2.75, 3.05) is 69.2 Å². The van der Waals surface area contributed by atoms with Gasteiger partial charge in [-0.1, -0.05) is 60.1 Å². The van der Waals surface area contributed by atoms with Crippen LogP contribution in [0.1, 0.15) is 83.9 Å². The first kappa shape index (κ1) is 86.1. The second-order valence-corrected chi connectivity index (χ2v) is 23.3. The molecule has 5 aromatic carbocycles. The van der Waals surface area contributed by atoms with E-state index in [1.54, 1.807) is 12.1 Å². The van der Waals surface area contributed by atoms with Crippen LogP contribution in [0.25, 0.3) is 4.85 Å². The smallest absolute Gasteiger partial charge is 1.00 e. The SMILES string of the molecule is CCOc1c[c-]ccc1C.CCOc1c[c-]ccc1C.CCOc1cc(Br)ccc1C.CCOc1cc(C(=N)CS(C)(=O)=O)ccc1C.CCOc1cc(C(N)CS(C)(=O)=O)ccc1C.[Br-].[Br-].[C-]#[N+]CS(C)(=O)=O.[H-].[H-].[HH].[Mg+2].[Mg+2].[Mg+2]. The molecule has 1 atom stereocenters. The van der Waals surface area contributed by atoms with E-state index in [0.29, 0.717) is 24.5 Å². The van der Waals surface area contributed by atoms with Crippen LogP contribution in [0.15, 0.2) is 95.5 Å². The summed E-state index contributed by atoms with van der Waals surface area (Å²) in [4.78, 5) is 2.67. The standard InChI is InChI=1S/C12H19NO3S.C12H17NO3S.C9H11BrO.2C9H11O.C3H5NO2S.2BrH.3Mg.H2.2H/c2*1-4-16-12-7-10(6-5-9(12)2)11(13)8-17(3,14)15;1-3-11-9-6-8(10)5-4-7(9)2;2*1-3-10-9-7-5-4-6-8(9)2;1-4-3-7(2,5)6;;;;;;;;/h5-7,11H,4,8,13H2,1-3H3;5-7,13H,4,8H2,1-3H3;4-6H,3H2,1-2H3;2*4,6-7H,3H2,1-2H3;3H2,2H3;2*1H;;;;1H;;/q;;;2*-1;;;;3*+2;;2*-1/p-2. The molecule has 0 heterocycles. The summed E-state index contributed by atoms with van der Waals surface area (Å²) >= 11 is 3.39. The Morgan fingerprint density at radius 2 is 0.961 bits per heavy atom. The molecule has 3 N–H and O–H groups in total. The predicted octanol–water partition coefficient (Wildman–Crippen LogP) is 4.03. The molecule has 77 heavy (non-hydrogen) atoms. The minimum Gasteiger partial charge on any atom is -1.00 e. The van der Waals surface area contributed by atoms with Gasteiger partial charge in [-0.3, -0.25) is 4.85 Å². The van der Waals surface area contributed by atoms with Crippen molar-refractivity contribution >= 4 is 120 Å². The van der Waals surface area contributed by atoms with E-state index in [-0.39, 0.29) is 125 Å². The number of ether oxygens (including phenoxy) is 5. The molecule has 0 fully saturated rings. The van der Waals surface area contributed by atoms with Crippen molar-refractivity contribution < 1.29 is 87.2 Å². The minimum absolute atomic E-state index is 0. The summed E-state index contributed by atoms with van der Waals surface area (Å²) in [5.41, 5.74) is 12.8. The number of sulfone groups is 3. The van der Waals surface area contributed by atoms with Crippen LogP contribution in [0.4, 0.5) is 0 Å². The van der Waals surface area contributed by atoms with Crippen LogP contribution in [-0.2, 0) is 29.5 Å². The van der Waals surface area contributed by atoms with Crippen molar-refractivity contribution in [3.05, 3.63) is 158 Å². The predicted molar refractivity (Wildman–Crippen MR) is 318 cm³/mol. The van der Waals surface area contributed by atoms with Crippen LogP contribution in [0.2, 0.25) is 0 Å². The Kier molecular flexibility index (Phi) is 51.9. The zero-order chi connectivity index (χ0) is 55.1. The molecule has 0 aromatic heterocycles. The van der Waals surface area contributed by atoms with Crippen LogP contribution in [-0.4, -0.2) is 169 Å². The first-order valence-electron chi connectivity index (χ1n) is 22.9. The number of rotatable bonds is 17. The Morgan fingerprint density at radius 1 is 0.597 bits per heavy atom. The van der Waals surface area contributed by atoms with Gasteiger partial charge in [0.1, 0.15) is 27.1 Å². The van der Waals surface area contributed by atoms with Gasteiger partial charge in [-0.05, 0) is 107 Å². The van der Waals surface area contributed by atoms with E-state index in [0.717, 1.165) is 76.5 Å². The van der Waals surface area contributed by atoms with Gasteiger partial charge in [0.05, 0.1) is 50.3 Å². The topological polar surface area (TPSA) is 203 Å². The van der Waals surface area contributed by atoms with Gasteiger partial charge >= 0.3 is 75.0 Å². The van der Waals surface area contributed by atoms with E-state index in [9.17, 15) is 25.3 Å². The van der Waals surface area contributed by atoms with Crippen LogP contribution in [0, 0.1) is 58.7 Å². The summed E-state index contributed by atoms with van der Waals surface area (Å²) in [6, 6.07) is 33.8. The summed E-state index contributed by atoms with van der Waals surface area (Å²) in [5.74, 6) is 3.59. The second-order valence-electron chi connectivity index (χ2n) is 15.9. The summed E-state index contributed by atoms with van der Waals surface area (Å²) in [6.07, 6.45) is 3.34. The maximum absolute atomic E-state index is 11.2. The number of nitrogens with two attached hydrogens (primary N) is 1. The maximum Gasteiger partial charge on any atom is 2.00 e. The zero-order valence-electron chi connectivity index (χ0n) is 48.9. The van der Waals surface area contributed by atoms with Gasteiger partial charge in [0.2, 0.25) is 9.84 Å². The van der Waals surface area contributed by atoms with Crippen molar-refractivity contribution in [3.8, 4) is 28.7 Å². The molecule has 1 unspecified atom stereocenters. The van der Waals surface area contributed by atoms with Crippen LogP contribution >= 0.6 is 15.9 Å². The molecule has 0 spiro atoms. The number of hydrogen-bond donors (Lipinski definition) is 2. The normalized spacial score (nSPS) is 10.2. The molecular formula is C54H78Br3Mg3N3O11S3. The Bertz CT molecular complexity index is 2800. The number of benzene rings is 5. The van der Waals surface area contributed by atoms with E-state index in [2.05, 4.69) is 32.9 Å². The quantitative estimate of drug-likeness (QED) is 0.0771. The van der Waals surface area contributed by atoms with E-state index < -0.39 is 41.4 Å². The van der Waals surface area contributed by atoms with Crippen LogP contribution in [0.5, 0.6) is 28.7 Å². The molecule has 0 aliphatic rings. The van der Waals surface area contributed by atoms with Crippen molar-refractivity contribution in [1.29, 1.82) is 5.41 Å². The van der Waals surface area contributed by atoms with Crippen molar-refractivity contribution in [1.82, 2.24) is 0 Å². The van der Waals surface area contributed by atoms with Gasteiger partial charge in [0.25, 0.3) is 0 Å². The van der Waals surface area contributed by atoms with Gasteiger partial charge in [-0.15, -0.1) is 23.3 Å². The molecule has 0 radical (unpaired) electrons. The second kappa shape index (κ2) is 46.4. The van der Waals surface area contributed by atoms with E-state index in [1.165, 1.54) is 22.9 Å². The average Bonchev–Trinajstić information content (AvgIpc) is 3.28. The van der Waals surface area contributed by atoms with Crippen molar-refractivity contribution in [2.24, 2.45) is 5.73 Å². The minimum atomic E-state index is -3.17. The molecule has 420 valence electrons. The molecule has 0 bridgehead atoms. The summed E-state index contributed by atoms with van der Waals surface area (Å²) in [7, 11) is -9.27. The molecule has 0 amide bonds. The molecule has 5 rings (SSSR count). The average molecular weight is 1350 g/mol. The molecule has 23 heteroatoms. The number of aryl methyl sites for hydroxylation is 5. The Labute approximate surface area is 544 Å². The molecule has 0 aliphatic heterocycles. The molecule has 0 aliphatic carbocycles. The maximum atomic E-state index is 11.2. The number of nitrogens with zero attached hydrogens (tertiary/aromatic N) is 1. The Morgan fingerprint density at radius 3 is 1.31 bits per heavy atom. The summed E-state index contributed by atoms with van der Waals surface area (Å²) < 4.78 is 92.6. The van der Waals surface area contributed by atoms with Crippen LogP contribution in [0.3, 0.4) is 0 Å². The molecule has 0 saturated heterocycles. The largest absolute Gasteiger partial charge is 2.00 e. The van der Waals surface area contributed by atoms with Gasteiger partial charge in [-0.2, -0.15) is 36.4 Å². The number of hydrogen-bond acceptors (Lipinski definition) is 13. The molecule has 5 aromatic rings. The molecule has 14 nitrogen and oxygen atoms in total. The van der Waals surface area contributed by atoms with Crippen LogP contribution < -0.4 is 63.4 Å². The fourth-order valence-electron chi connectivity index (χ4n) is 5.63. The van der Waals surface area contributed by atoms with Gasteiger partial charge in [0, 0.05) is 42.2 Å². The summed E-state index contributed by atoms with van der Waals surface area (Å²) in [6.45, 7) is 29.1. The van der Waals surface area contributed by atoms with Crippen molar-refractivity contribution in [3.63, 3.8) is 0 Å². The first-order chi connectivity index (χ1) is 33.6. The Hall–Kier alpha value is -2.19. The molecular weight excluding hydrogens is 1280 g/mol. The van der Waals surface area contributed by atoms with E-state index >= 15 is 0 Å².